The van der Waals surface area contributed by atoms with Crippen LogP contribution in [0.15, 0.2) is 77.8 Å². The van der Waals surface area contributed by atoms with Gasteiger partial charge in [-0.25, -0.2) is 9.38 Å². The summed E-state index contributed by atoms with van der Waals surface area (Å²) in [7, 11) is 1.64. The van der Waals surface area contributed by atoms with Crippen molar-refractivity contribution < 1.29 is 19.0 Å². The highest BCUT2D eigenvalue weighted by molar-refractivity contribution is 6.32. The summed E-state index contributed by atoms with van der Waals surface area (Å²) in [5.74, 6) is 0.680. The highest BCUT2D eigenvalue weighted by Crippen LogP contribution is 2.39. The molecule has 0 unspecified atom stereocenters. The normalized spacial score (nSPS) is 12.0. The number of H-pyrrole nitrogens is 1. The average Bonchev–Trinajstić information content (AvgIpc) is 3.42. The number of nitrogens with one attached hydrogen (secondary N) is 2. The first kappa shape index (κ1) is 31.6. The van der Waals surface area contributed by atoms with E-state index >= 15 is 0 Å². The lowest BCUT2D eigenvalue weighted by Gasteiger charge is -2.18. The molecule has 0 spiro atoms. The lowest BCUT2D eigenvalue weighted by Crippen LogP contribution is -2.28. The van der Waals surface area contributed by atoms with E-state index in [9.17, 15) is 9.18 Å². The first-order valence-electron chi connectivity index (χ1n) is 14.0. The van der Waals surface area contributed by atoms with Crippen LogP contribution in [-0.4, -0.2) is 72.7 Å². The van der Waals surface area contributed by atoms with Gasteiger partial charge in [0.25, 0.3) is 0 Å². The van der Waals surface area contributed by atoms with Crippen LogP contribution in [0.5, 0.6) is 5.75 Å². The van der Waals surface area contributed by atoms with Gasteiger partial charge in [0.05, 0.1) is 17.1 Å². The van der Waals surface area contributed by atoms with E-state index in [0.29, 0.717) is 49.3 Å². The van der Waals surface area contributed by atoms with Gasteiger partial charge >= 0.3 is 0 Å². The van der Waals surface area contributed by atoms with Gasteiger partial charge in [-0.3, -0.25) is 9.89 Å². The zero-order chi connectivity index (χ0) is 30.8. The second-order valence-corrected chi connectivity index (χ2v) is 10.2. The van der Waals surface area contributed by atoms with E-state index < -0.39 is 5.82 Å². The molecular weight excluding hydrogens is 569 g/mol. The fraction of sp³-hybridized carbons (Fsp3) is 0.242. The molecule has 0 atom stereocenters. The van der Waals surface area contributed by atoms with Crippen LogP contribution >= 0.6 is 11.6 Å². The van der Waals surface area contributed by atoms with E-state index in [4.69, 9.17) is 21.4 Å². The molecule has 1 aromatic heterocycles. The number of carbonyl (C=O) groups excluding carboxylic acids is 1. The van der Waals surface area contributed by atoms with Crippen LogP contribution < -0.4 is 10.1 Å². The van der Waals surface area contributed by atoms with Gasteiger partial charge in [-0.15, -0.1) is 0 Å². The number of hydrogen-bond donors (Lipinski definition) is 3. The summed E-state index contributed by atoms with van der Waals surface area (Å²) in [6, 6.07) is 18.3. The van der Waals surface area contributed by atoms with E-state index in [1.54, 1.807) is 19.2 Å². The van der Waals surface area contributed by atoms with E-state index in [0.717, 1.165) is 38.7 Å². The summed E-state index contributed by atoms with van der Waals surface area (Å²) < 4.78 is 19.9. The molecule has 224 valence electrons. The number of ether oxygens (including phenoxy) is 1. The Balaban J connectivity index is 1.54. The SMILES string of the molecule is C=Nc1n[nH]c2ccc(/C(=C(\CC)c3ccc(F)cc3Cl)c3ccc(OCCNC/C=C/C(=O)N(C)CCO)cc3)cc12. The Morgan fingerprint density at radius 3 is 2.65 bits per heavy atom. The highest BCUT2D eigenvalue weighted by Gasteiger charge is 2.17. The Kier molecular flexibility index (Phi) is 11.2. The number of benzene rings is 3. The lowest BCUT2D eigenvalue weighted by atomic mass is 9.87. The molecule has 0 radical (unpaired) electrons. The Labute approximate surface area is 255 Å². The molecule has 0 aliphatic heterocycles. The molecule has 43 heavy (non-hydrogen) atoms. The van der Waals surface area contributed by atoms with Crippen molar-refractivity contribution in [1.82, 2.24) is 20.4 Å². The van der Waals surface area contributed by atoms with Crippen molar-refractivity contribution in [2.24, 2.45) is 4.99 Å². The molecule has 4 rings (SSSR count). The van der Waals surface area contributed by atoms with Gasteiger partial charge in [0, 0.05) is 38.1 Å². The van der Waals surface area contributed by atoms with Gasteiger partial charge < -0.3 is 20.1 Å². The van der Waals surface area contributed by atoms with Gasteiger partial charge in [0.2, 0.25) is 5.91 Å². The number of aliphatic hydroxyl groups excluding tert-OH is 1. The Bertz CT molecular complexity index is 1630. The van der Waals surface area contributed by atoms with Crippen LogP contribution in [0.4, 0.5) is 10.2 Å². The van der Waals surface area contributed by atoms with Crippen LogP contribution in [0.25, 0.3) is 22.0 Å². The molecule has 0 aliphatic carbocycles. The summed E-state index contributed by atoms with van der Waals surface area (Å²) in [6.07, 6.45) is 3.88. The number of halogens is 2. The minimum Gasteiger partial charge on any atom is -0.492 e. The molecule has 4 aromatic rings. The molecule has 3 aromatic carbocycles. The number of rotatable bonds is 14. The largest absolute Gasteiger partial charge is 0.492 e. The number of aromatic nitrogens is 2. The maximum absolute atomic E-state index is 13.9. The standard InChI is InChI=1S/C33H35ClFN5O3/c1-4-26(27-13-10-24(35)21-29(27)34)32(23-9-14-30-28(20-23)33(36-2)39-38-30)22-7-11-25(12-8-22)43-19-16-37-15-5-6-31(42)40(3)17-18-41/h5-14,20-21,37,41H,2,4,15-19H2,1,3H3,(H,38,39)/b6-5+,32-26+. The molecule has 10 heteroatoms. The number of nitrogens with zero attached hydrogens (tertiary/aromatic N) is 3. The smallest absolute Gasteiger partial charge is 0.246 e. The van der Waals surface area contributed by atoms with Gasteiger partial charge in [0.1, 0.15) is 18.2 Å². The second kappa shape index (κ2) is 15.2. The highest BCUT2D eigenvalue weighted by atomic mass is 35.5. The number of likely N-dealkylation sites (N-methyl/N-ethyl adjacent to an activating group) is 1. The van der Waals surface area contributed by atoms with Crippen LogP contribution in [0.3, 0.4) is 0 Å². The summed E-state index contributed by atoms with van der Waals surface area (Å²) in [5, 5.41) is 20.5. The van der Waals surface area contributed by atoms with E-state index in [2.05, 4.69) is 27.2 Å². The quantitative estimate of drug-likeness (QED) is 0.0707. The number of aromatic amines is 1. The van der Waals surface area contributed by atoms with Crippen molar-refractivity contribution in [3.05, 3.63) is 100 Å². The summed E-state index contributed by atoms with van der Waals surface area (Å²) in [5.41, 5.74) is 5.40. The van der Waals surface area contributed by atoms with Gasteiger partial charge in [-0.2, -0.15) is 5.10 Å². The number of aliphatic imine (C=N–C) groups is 1. The monoisotopic (exact) mass is 603 g/mol. The Hall–Kier alpha value is -4.31. The summed E-state index contributed by atoms with van der Waals surface area (Å²) in [6.45, 7) is 7.46. The van der Waals surface area contributed by atoms with Crippen LogP contribution in [0, 0.1) is 5.82 Å². The first-order valence-corrected chi connectivity index (χ1v) is 14.3. The molecular formula is C33H35ClFN5O3. The third-order valence-corrected chi connectivity index (χ3v) is 7.23. The van der Waals surface area contributed by atoms with Crippen LogP contribution in [-0.2, 0) is 4.79 Å². The third-order valence-electron chi connectivity index (χ3n) is 6.92. The topological polar surface area (TPSA) is 103 Å². The zero-order valence-electron chi connectivity index (χ0n) is 24.2. The maximum atomic E-state index is 13.9. The Morgan fingerprint density at radius 2 is 1.95 bits per heavy atom. The molecule has 0 fully saturated rings. The van der Waals surface area contributed by atoms with Crippen molar-refractivity contribution in [3.63, 3.8) is 0 Å². The minimum absolute atomic E-state index is 0.0675. The molecule has 0 bridgehead atoms. The van der Waals surface area contributed by atoms with Gasteiger partial charge in [0.15, 0.2) is 5.82 Å². The second-order valence-electron chi connectivity index (χ2n) is 9.76. The number of aliphatic hydroxyl groups is 1. The lowest BCUT2D eigenvalue weighted by molar-refractivity contribution is -0.125. The maximum Gasteiger partial charge on any atom is 0.246 e. The molecule has 3 N–H and O–H groups in total. The number of allylic oxidation sites excluding steroid dienone is 1. The van der Waals surface area contributed by atoms with Crippen LogP contribution in [0.1, 0.15) is 30.0 Å². The molecule has 1 heterocycles. The number of hydrogen-bond acceptors (Lipinski definition) is 6. The van der Waals surface area contributed by atoms with Gasteiger partial charge in [-0.1, -0.05) is 48.9 Å². The summed E-state index contributed by atoms with van der Waals surface area (Å²) >= 11 is 6.55. The number of fused-ring (bicyclic) bond motifs is 1. The van der Waals surface area contributed by atoms with E-state index in [1.165, 1.54) is 23.1 Å². The predicted octanol–water partition coefficient (Wildman–Crippen LogP) is 6.03. The molecule has 0 saturated heterocycles. The number of amides is 1. The third kappa shape index (κ3) is 7.95. The minimum atomic E-state index is -0.390. The molecule has 0 aliphatic rings. The fourth-order valence-corrected chi connectivity index (χ4v) is 5.00. The van der Waals surface area contributed by atoms with E-state index in [1.807, 2.05) is 49.4 Å². The van der Waals surface area contributed by atoms with Crippen molar-refractivity contribution in [1.29, 1.82) is 0 Å². The molecule has 1 amide bonds. The van der Waals surface area contributed by atoms with Crippen LogP contribution in [0.2, 0.25) is 5.02 Å². The molecule has 0 saturated carbocycles. The average molecular weight is 604 g/mol. The molecule has 8 nitrogen and oxygen atoms in total. The predicted molar refractivity (Wildman–Crippen MR) is 172 cm³/mol. The number of carbonyl (C=O) groups is 1. The summed E-state index contributed by atoms with van der Waals surface area (Å²) in [4.78, 5) is 17.4. The van der Waals surface area contributed by atoms with Gasteiger partial charge in [-0.05, 0) is 77.4 Å². The Morgan fingerprint density at radius 1 is 1.19 bits per heavy atom. The van der Waals surface area contributed by atoms with Crippen molar-refractivity contribution >= 4 is 52.1 Å². The van der Waals surface area contributed by atoms with Crippen molar-refractivity contribution in [2.45, 2.75) is 13.3 Å². The first-order chi connectivity index (χ1) is 20.9. The van der Waals surface area contributed by atoms with E-state index in [-0.39, 0.29) is 12.5 Å². The zero-order valence-corrected chi connectivity index (χ0v) is 25.0. The fourth-order valence-electron chi connectivity index (χ4n) is 4.72. The van der Waals surface area contributed by atoms with Crippen molar-refractivity contribution in [3.8, 4) is 5.75 Å². The van der Waals surface area contributed by atoms with Crippen molar-refractivity contribution in [2.75, 3.05) is 39.9 Å².